The van der Waals surface area contributed by atoms with Crippen molar-refractivity contribution in [3.8, 4) is 33.4 Å². The number of nitrogens with zero attached hydrogens (tertiary/aromatic N) is 1. The molecule has 2 heterocycles. The molecule has 0 fully saturated rings. The zero-order valence-corrected chi connectivity index (χ0v) is 29.3. The van der Waals surface area contributed by atoms with Crippen molar-refractivity contribution in [2.24, 2.45) is 0 Å². The molecule has 1 nitrogen and oxygen atoms in total. The SMILES string of the molecule is c1ccc(-c2ccccc2N(c2ccc(-c3ccc4sc5ccccc5c4c3)cc2)c2ccc(-c3ccccc3)c3c2sc2ccccc23)cc1. The molecule has 10 rings (SSSR count). The molecule has 0 saturated heterocycles. The Bertz CT molecular complexity index is 2850. The van der Waals surface area contributed by atoms with E-state index < -0.39 is 0 Å². The first-order chi connectivity index (χ1) is 25.3. The molecular weight excluding hydrogens is 655 g/mol. The van der Waals surface area contributed by atoms with Crippen molar-refractivity contribution in [2.45, 2.75) is 0 Å². The normalized spacial score (nSPS) is 11.5. The standard InChI is InChI=1S/C48H31NS2/c1-3-13-33(14-4-1)37-17-7-10-20-42(37)49(36-26-23-32(24-27-36)35-25-30-46-41(31-35)39-18-8-11-21-44(39)50-46)43-29-28-38(34-15-5-2-6-16-34)47-40-19-9-12-22-45(40)51-48(43)47/h1-31H. The average molecular weight is 686 g/mol. The van der Waals surface area contributed by atoms with Gasteiger partial charge in [0.05, 0.1) is 16.1 Å². The van der Waals surface area contributed by atoms with E-state index in [-0.39, 0.29) is 0 Å². The van der Waals surface area contributed by atoms with Gasteiger partial charge in [-0.05, 0) is 76.3 Å². The maximum atomic E-state index is 2.47. The molecule has 51 heavy (non-hydrogen) atoms. The third-order valence-corrected chi connectivity index (χ3v) is 12.2. The Morgan fingerprint density at radius 1 is 0.333 bits per heavy atom. The molecule has 0 aliphatic carbocycles. The van der Waals surface area contributed by atoms with E-state index in [0.29, 0.717) is 0 Å². The minimum atomic E-state index is 1.12. The summed E-state index contributed by atoms with van der Waals surface area (Å²) in [6.45, 7) is 0. The highest BCUT2D eigenvalue weighted by atomic mass is 32.1. The summed E-state index contributed by atoms with van der Waals surface area (Å²) in [7, 11) is 0. The molecule has 10 aromatic rings. The molecule has 0 atom stereocenters. The van der Waals surface area contributed by atoms with Crippen LogP contribution in [0.1, 0.15) is 0 Å². The predicted octanol–water partition coefficient (Wildman–Crippen LogP) is 14.9. The van der Waals surface area contributed by atoms with E-state index in [4.69, 9.17) is 0 Å². The van der Waals surface area contributed by atoms with Crippen LogP contribution in [-0.2, 0) is 0 Å². The molecular formula is C48H31NS2. The summed E-state index contributed by atoms with van der Waals surface area (Å²) in [5.41, 5.74) is 10.8. The fourth-order valence-corrected chi connectivity index (χ4v) is 9.81. The van der Waals surface area contributed by atoms with Gasteiger partial charge < -0.3 is 4.90 Å². The lowest BCUT2D eigenvalue weighted by atomic mass is 9.97. The predicted molar refractivity (Wildman–Crippen MR) is 223 cm³/mol. The van der Waals surface area contributed by atoms with Gasteiger partial charge in [-0.15, -0.1) is 22.7 Å². The van der Waals surface area contributed by atoms with E-state index in [9.17, 15) is 0 Å². The van der Waals surface area contributed by atoms with E-state index in [1.165, 1.54) is 79.4 Å². The van der Waals surface area contributed by atoms with E-state index in [0.717, 1.165) is 11.4 Å². The molecule has 0 bridgehead atoms. The summed E-state index contributed by atoms with van der Waals surface area (Å²) in [5.74, 6) is 0. The van der Waals surface area contributed by atoms with Crippen LogP contribution in [0.25, 0.3) is 73.7 Å². The van der Waals surface area contributed by atoms with Crippen molar-refractivity contribution < 1.29 is 0 Å². The van der Waals surface area contributed by atoms with Gasteiger partial charge >= 0.3 is 0 Å². The second-order valence-corrected chi connectivity index (χ2v) is 15.0. The van der Waals surface area contributed by atoms with Crippen LogP contribution in [0.15, 0.2) is 188 Å². The molecule has 2 aromatic heterocycles. The van der Waals surface area contributed by atoms with Gasteiger partial charge in [0.15, 0.2) is 0 Å². The van der Waals surface area contributed by atoms with E-state index in [1.54, 1.807) is 0 Å². The number of benzene rings is 8. The molecule has 0 spiro atoms. The second-order valence-electron chi connectivity index (χ2n) is 12.9. The quantitative estimate of drug-likeness (QED) is 0.168. The number of hydrogen-bond donors (Lipinski definition) is 0. The van der Waals surface area contributed by atoms with Gasteiger partial charge in [0.25, 0.3) is 0 Å². The summed E-state index contributed by atoms with van der Waals surface area (Å²) in [6, 6.07) is 68.6. The van der Waals surface area contributed by atoms with Crippen LogP contribution >= 0.6 is 22.7 Å². The van der Waals surface area contributed by atoms with Crippen molar-refractivity contribution in [1.29, 1.82) is 0 Å². The van der Waals surface area contributed by atoms with Gasteiger partial charge in [0, 0.05) is 46.9 Å². The first-order valence-corrected chi connectivity index (χ1v) is 18.9. The third-order valence-electron chi connectivity index (χ3n) is 9.90. The number of fused-ring (bicyclic) bond motifs is 6. The van der Waals surface area contributed by atoms with Crippen LogP contribution < -0.4 is 4.90 Å². The largest absolute Gasteiger partial charge is 0.308 e. The minimum absolute atomic E-state index is 1.12. The Hall–Kier alpha value is -6.00. The maximum absolute atomic E-state index is 2.47. The third kappa shape index (κ3) is 5.13. The number of rotatable bonds is 6. The summed E-state index contributed by atoms with van der Waals surface area (Å²) in [6.07, 6.45) is 0. The van der Waals surface area contributed by atoms with Gasteiger partial charge in [0.2, 0.25) is 0 Å². The van der Waals surface area contributed by atoms with Crippen LogP contribution in [0.2, 0.25) is 0 Å². The second kappa shape index (κ2) is 12.4. The smallest absolute Gasteiger partial charge is 0.0641 e. The van der Waals surface area contributed by atoms with Gasteiger partial charge in [-0.1, -0.05) is 140 Å². The van der Waals surface area contributed by atoms with Crippen LogP contribution in [0.4, 0.5) is 17.1 Å². The zero-order chi connectivity index (χ0) is 33.7. The fourth-order valence-electron chi connectivity index (χ4n) is 7.50. The molecule has 0 radical (unpaired) electrons. The van der Waals surface area contributed by atoms with Crippen molar-refractivity contribution in [1.82, 2.24) is 0 Å². The van der Waals surface area contributed by atoms with Gasteiger partial charge in [0.1, 0.15) is 0 Å². The van der Waals surface area contributed by atoms with Crippen LogP contribution in [0, 0.1) is 0 Å². The minimum Gasteiger partial charge on any atom is -0.308 e. The van der Waals surface area contributed by atoms with Crippen molar-refractivity contribution in [3.63, 3.8) is 0 Å². The number of hydrogen-bond acceptors (Lipinski definition) is 3. The molecule has 240 valence electrons. The highest BCUT2D eigenvalue weighted by Crippen LogP contribution is 2.50. The van der Waals surface area contributed by atoms with Crippen molar-refractivity contribution in [2.75, 3.05) is 4.90 Å². The number of para-hydroxylation sites is 1. The summed E-state index contributed by atoms with van der Waals surface area (Å²) in [5, 5.41) is 5.24. The molecule has 0 saturated carbocycles. The molecule has 0 unspecified atom stereocenters. The average Bonchev–Trinajstić information content (AvgIpc) is 3.78. The fraction of sp³-hybridized carbons (Fsp3) is 0. The molecule has 8 aromatic carbocycles. The molecule has 0 aliphatic heterocycles. The Balaban J connectivity index is 1.19. The monoisotopic (exact) mass is 685 g/mol. The molecule has 0 amide bonds. The Morgan fingerprint density at radius 2 is 0.922 bits per heavy atom. The first-order valence-electron chi connectivity index (χ1n) is 17.3. The molecule has 0 N–H and O–H groups in total. The zero-order valence-electron chi connectivity index (χ0n) is 27.7. The van der Waals surface area contributed by atoms with E-state index in [1.807, 2.05) is 22.7 Å². The summed E-state index contributed by atoms with van der Waals surface area (Å²) >= 11 is 3.74. The lowest BCUT2D eigenvalue weighted by Gasteiger charge is -2.29. The lowest BCUT2D eigenvalue weighted by molar-refractivity contribution is 1.30. The van der Waals surface area contributed by atoms with Crippen LogP contribution in [0.3, 0.4) is 0 Å². The number of thiophene rings is 2. The Morgan fingerprint density at radius 3 is 1.69 bits per heavy atom. The highest BCUT2D eigenvalue weighted by Gasteiger charge is 2.23. The van der Waals surface area contributed by atoms with Crippen LogP contribution in [0.5, 0.6) is 0 Å². The number of anilines is 3. The Kier molecular flexibility index (Phi) is 7.26. The molecule has 0 aliphatic rings. The Labute approximate surface area is 304 Å². The summed E-state index contributed by atoms with van der Waals surface area (Å²) < 4.78 is 5.23. The topological polar surface area (TPSA) is 3.24 Å². The van der Waals surface area contributed by atoms with E-state index >= 15 is 0 Å². The van der Waals surface area contributed by atoms with Crippen LogP contribution in [-0.4, -0.2) is 0 Å². The van der Waals surface area contributed by atoms with Crippen molar-refractivity contribution in [3.05, 3.63) is 188 Å². The maximum Gasteiger partial charge on any atom is 0.0641 e. The van der Waals surface area contributed by atoms with Crippen molar-refractivity contribution >= 4 is 80.1 Å². The van der Waals surface area contributed by atoms with Gasteiger partial charge in [-0.2, -0.15) is 0 Å². The first kappa shape index (κ1) is 29.9. The van der Waals surface area contributed by atoms with Gasteiger partial charge in [-0.3, -0.25) is 0 Å². The summed E-state index contributed by atoms with van der Waals surface area (Å²) in [4.78, 5) is 2.47. The van der Waals surface area contributed by atoms with E-state index in [2.05, 4.69) is 193 Å². The lowest BCUT2D eigenvalue weighted by Crippen LogP contribution is -2.11. The highest BCUT2D eigenvalue weighted by molar-refractivity contribution is 7.26. The van der Waals surface area contributed by atoms with Gasteiger partial charge in [-0.25, -0.2) is 0 Å². The molecule has 3 heteroatoms.